The minimum Gasteiger partial charge on any atom is -0.496 e. The number of hydrogen-bond donors (Lipinski definition) is 1. The van der Waals surface area contributed by atoms with Crippen molar-refractivity contribution in [2.24, 2.45) is 0 Å². The number of carbonyl (C=O) groups excluding carboxylic acids is 1. The molecule has 0 radical (unpaired) electrons. The zero-order valence-corrected chi connectivity index (χ0v) is 18.9. The number of halogens is 1. The molecule has 0 unspecified atom stereocenters. The molecule has 1 heterocycles. The SMILES string of the molecule is COc1ccc(Cl)c2c1[C@@H](C(=O)NS(=O)(=O)c1cccc3ccccc13)CC(C)(C)O2. The number of amides is 1. The molecule has 1 amide bonds. The summed E-state index contributed by atoms with van der Waals surface area (Å²) in [5.74, 6) is -0.735. The van der Waals surface area contributed by atoms with Crippen LogP contribution in [0.2, 0.25) is 5.02 Å². The molecule has 0 fully saturated rings. The van der Waals surface area contributed by atoms with Gasteiger partial charge in [0.2, 0.25) is 5.91 Å². The predicted molar refractivity (Wildman–Crippen MR) is 119 cm³/mol. The van der Waals surface area contributed by atoms with Crippen molar-refractivity contribution in [3.63, 3.8) is 0 Å². The summed E-state index contributed by atoms with van der Waals surface area (Å²) in [5.41, 5.74) is -0.284. The van der Waals surface area contributed by atoms with Gasteiger partial charge in [0.25, 0.3) is 10.0 Å². The van der Waals surface area contributed by atoms with E-state index in [4.69, 9.17) is 21.1 Å². The number of methoxy groups -OCH3 is 1. The van der Waals surface area contributed by atoms with Crippen LogP contribution in [0.5, 0.6) is 11.5 Å². The second kappa shape index (κ2) is 7.73. The van der Waals surface area contributed by atoms with E-state index in [-0.39, 0.29) is 11.3 Å². The van der Waals surface area contributed by atoms with Crippen molar-refractivity contribution in [1.82, 2.24) is 4.72 Å². The Morgan fingerprint density at radius 2 is 1.84 bits per heavy atom. The Bertz CT molecular complexity index is 1280. The van der Waals surface area contributed by atoms with Crippen LogP contribution >= 0.6 is 11.6 Å². The second-order valence-electron chi connectivity index (χ2n) is 8.06. The Hall–Kier alpha value is -2.77. The third-order valence-electron chi connectivity index (χ3n) is 5.34. The lowest BCUT2D eigenvalue weighted by molar-refractivity contribution is -0.122. The maximum Gasteiger partial charge on any atom is 0.264 e. The number of fused-ring (bicyclic) bond motifs is 2. The Kier molecular flexibility index (Phi) is 5.35. The van der Waals surface area contributed by atoms with E-state index in [0.29, 0.717) is 27.5 Å². The molecule has 0 saturated heterocycles. The summed E-state index contributed by atoms with van der Waals surface area (Å²) < 4.78 is 40.0. The fourth-order valence-electron chi connectivity index (χ4n) is 3.99. The molecule has 0 aromatic heterocycles. The Balaban J connectivity index is 1.76. The summed E-state index contributed by atoms with van der Waals surface area (Å²) in [6, 6.07) is 15.3. The molecular weight excluding hydrogens is 438 g/mol. The first-order chi connectivity index (χ1) is 14.6. The van der Waals surface area contributed by atoms with Gasteiger partial charge in [0, 0.05) is 11.8 Å². The maximum absolute atomic E-state index is 13.3. The molecule has 1 aliphatic rings. The van der Waals surface area contributed by atoms with Crippen LogP contribution < -0.4 is 14.2 Å². The molecule has 1 aliphatic heterocycles. The Morgan fingerprint density at radius 1 is 1.13 bits per heavy atom. The number of ether oxygens (including phenoxy) is 2. The van der Waals surface area contributed by atoms with E-state index in [0.717, 1.165) is 5.39 Å². The lowest BCUT2D eigenvalue weighted by atomic mass is 9.83. The smallest absolute Gasteiger partial charge is 0.264 e. The standard InChI is InChI=1S/C23H22ClNO5S/c1-23(2)13-16(20-18(29-3)12-11-17(24)21(20)30-23)22(26)25-31(27,28)19-10-6-8-14-7-4-5-9-15(14)19/h4-12,16H,13H2,1-3H3,(H,25,26)/t16-/m0/s1. The van der Waals surface area contributed by atoms with E-state index in [1.807, 2.05) is 32.0 Å². The van der Waals surface area contributed by atoms with E-state index >= 15 is 0 Å². The van der Waals surface area contributed by atoms with Gasteiger partial charge >= 0.3 is 0 Å². The van der Waals surface area contributed by atoms with Crippen molar-refractivity contribution < 1.29 is 22.7 Å². The highest BCUT2D eigenvalue weighted by Gasteiger charge is 2.42. The second-order valence-corrected chi connectivity index (χ2v) is 10.1. The topological polar surface area (TPSA) is 81.7 Å². The van der Waals surface area contributed by atoms with E-state index in [2.05, 4.69) is 4.72 Å². The van der Waals surface area contributed by atoms with Gasteiger partial charge in [-0.15, -0.1) is 0 Å². The van der Waals surface area contributed by atoms with Crippen molar-refractivity contribution in [3.8, 4) is 11.5 Å². The molecule has 1 atom stereocenters. The molecule has 4 rings (SSSR count). The van der Waals surface area contributed by atoms with Gasteiger partial charge in [0.05, 0.1) is 28.5 Å². The molecule has 8 heteroatoms. The third kappa shape index (κ3) is 3.95. The van der Waals surface area contributed by atoms with Gasteiger partial charge in [0.15, 0.2) is 0 Å². The predicted octanol–water partition coefficient (Wildman–Crippen LogP) is 4.65. The number of sulfonamides is 1. The quantitative estimate of drug-likeness (QED) is 0.614. The monoisotopic (exact) mass is 459 g/mol. The highest BCUT2D eigenvalue weighted by molar-refractivity contribution is 7.90. The fourth-order valence-corrected chi connectivity index (χ4v) is 5.44. The van der Waals surface area contributed by atoms with Crippen LogP contribution in [0.3, 0.4) is 0 Å². The van der Waals surface area contributed by atoms with Gasteiger partial charge in [0.1, 0.15) is 17.1 Å². The highest BCUT2D eigenvalue weighted by Crippen LogP contribution is 2.49. The average molecular weight is 460 g/mol. The van der Waals surface area contributed by atoms with Gasteiger partial charge < -0.3 is 9.47 Å². The molecule has 0 saturated carbocycles. The number of rotatable bonds is 4. The number of hydrogen-bond acceptors (Lipinski definition) is 5. The number of benzene rings is 3. The van der Waals surface area contributed by atoms with E-state index in [1.165, 1.54) is 13.2 Å². The molecule has 0 bridgehead atoms. The van der Waals surface area contributed by atoms with Gasteiger partial charge in [-0.2, -0.15) is 0 Å². The summed E-state index contributed by atoms with van der Waals surface area (Å²) in [6.45, 7) is 3.65. The molecule has 0 spiro atoms. The van der Waals surface area contributed by atoms with Crippen molar-refractivity contribution in [2.75, 3.05) is 7.11 Å². The zero-order valence-electron chi connectivity index (χ0n) is 17.3. The molecular formula is C23H22ClNO5S. The molecule has 1 N–H and O–H groups in total. The first-order valence-corrected chi connectivity index (χ1v) is 11.6. The van der Waals surface area contributed by atoms with Crippen LogP contribution in [0.1, 0.15) is 31.7 Å². The summed E-state index contributed by atoms with van der Waals surface area (Å²) >= 11 is 6.33. The minimum atomic E-state index is -4.12. The third-order valence-corrected chi connectivity index (χ3v) is 7.04. The van der Waals surface area contributed by atoms with Crippen LogP contribution in [0.15, 0.2) is 59.5 Å². The van der Waals surface area contributed by atoms with Crippen LogP contribution in [0, 0.1) is 0 Å². The highest BCUT2D eigenvalue weighted by atomic mass is 35.5. The molecule has 6 nitrogen and oxygen atoms in total. The largest absolute Gasteiger partial charge is 0.496 e. The average Bonchev–Trinajstić information content (AvgIpc) is 2.72. The van der Waals surface area contributed by atoms with Crippen molar-refractivity contribution in [1.29, 1.82) is 0 Å². The fraction of sp³-hybridized carbons (Fsp3) is 0.261. The Labute approximate surface area is 186 Å². The lowest BCUT2D eigenvalue weighted by Crippen LogP contribution is -2.42. The van der Waals surface area contributed by atoms with Gasteiger partial charge in [-0.25, -0.2) is 13.1 Å². The summed E-state index contributed by atoms with van der Waals surface area (Å²) in [6.07, 6.45) is 0.258. The normalized spacial score (nSPS) is 17.5. The summed E-state index contributed by atoms with van der Waals surface area (Å²) in [4.78, 5) is 13.4. The first kappa shape index (κ1) is 21.5. The van der Waals surface area contributed by atoms with Gasteiger partial charge in [-0.05, 0) is 37.4 Å². The van der Waals surface area contributed by atoms with Gasteiger partial charge in [-0.3, -0.25) is 4.79 Å². The minimum absolute atomic E-state index is 0.0450. The molecule has 3 aromatic carbocycles. The van der Waals surface area contributed by atoms with Crippen molar-refractivity contribution in [3.05, 3.63) is 65.2 Å². The molecule has 0 aliphatic carbocycles. The summed E-state index contributed by atoms with van der Waals surface area (Å²) in [7, 11) is -2.64. The van der Waals surface area contributed by atoms with Gasteiger partial charge in [-0.1, -0.05) is 48.0 Å². The van der Waals surface area contributed by atoms with Crippen LogP contribution in [-0.2, 0) is 14.8 Å². The summed E-state index contributed by atoms with van der Waals surface area (Å²) in [5, 5.41) is 1.64. The maximum atomic E-state index is 13.3. The van der Waals surface area contributed by atoms with Crippen molar-refractivity contribution >= 4 is 38.3 Å². The lowest BCUT2D eigenvalue weighted by Gasteiger charge is -2.38. The Morgan fingerprint density at radius 3 is 2.58 bits per heavy atom. The number of nitrogens with one attached hydrogen (secondary N) is 1. The van der Waals surface area contributed by atoms with Crippen molar-refractivity contribution in [2.45, 2.75) is 36.7 Å². The molecule has 31 heavy (non-hydrogen) atoms. The molecule has 162 valence electrons. The van der Waals surface area contributed by atoms with Crippen LogP contribution in [-0.4, -0.2) is 27.0 Å². The molecule has 3 aromatic rings. The van der Waals surface area contributed by atoms with Crippen LogP contribution in [0.4, 0.5) is 0 Å². The zero-order chi connectivity index (χ0) is 22.4. The number of carbonyl (C=O) groups is 1. The first-order valence-electron chi connectivity index (χ1n) is 9.73. The van der Waals surface area contributed by atoms with E-state index < -0.39 is 27.4 Å². The van der Waals surface area contributed by atoms with E-state index in [1.54, 1.807) is 30.3 Å². The van der Waals surface area contributed by atoms with E-state index in [9.17, 15) is 13.2 Å². The van der Waals surface area contributed by atoms with Crippen LogP contribution in [0.25, 0.3) is 10.8 Å².